The van der Waals surface area contributed by atoms with Gasteiger partial charge in [0.1, 0.15) is 0 Å². The molecule has 5 rings (SSSR count). The second-order valence-electron chi connectivity index (χ2n) is 10.2. The van der Waals surface area contributed by atoms with Crippen molar-refractivity contribution in [1.29, 1.82) is 0 Å². The molecule has 1 aliphatic carbocycles. The number of hydrogen-bond acceptors (Lipinski definition) is 4. The van der Waals surface area contributed by atoms with E-state index in [9.17, 15) is 9.59 Å². The summed E-state index contributed by atoms with van der Waals surface area (Å²) in [7, 11) is 0. The van der Waals surface area contributed by atoms with Gasteiger partial charge in [0.15, 0.2) is 5.96 Å². The highest BCUT2D eigenvalue weighted by molar-refractivity contribution is 6.13. The van der Waals surface area contributed by atoms with Crippen molar-refractivity contribution >= 4 is 40.7 Å². The molecule has 0 unspecified atom stereocenters. The Morgan fingerprint density at radius 3 is 2.35 bits per heavy atom. The van der Waals surface area contributed by atoms with Crippen LogP contribution in [0.5, 0.6) is 0 Å². The van der Waals surface area contributed by atoms with Crippen LogP contribution in [0.2, 0.25) is 0 Å². The number of carbonyl (C=O) groups excluding carboxylic acids is 2. The summed E-state index contributed by atoms with van der Waals surface area (Å²) >= 11 is 0. The smallest absolute Gasteiger partial charge is 0.349 e. The van der Waals surface area contributed by atoms with E-state index in [0.29, 0.717) is 23.8 Å². The molecule has 1 saturated carbocycles. The molecule has 206 valence electrons. The lowest BCUT2D eigenvalue weighted by Gasteiger charge is -2.27. The van der Waals surface area contributed by atoms with E-state index in [1.54, 1.807) is 22.0 Å². The lowest BCUT2D eigenvalue weighted by Crippen LogP contribution is -2.36. The fraction of sp³-hybridized carbons (Fsp3) is 0.290. The molecule has 0 bridgehead atoms. The number of amides is 3. The van der Waals surface area contributed by atoms with Crippen LogP contribution in [0.25, 0.3) is 0 Å². The van der Waals surface area contributed by atoms with Gasteiger partial charge in [-0.15, -0.1) is 0 Å². The maximum absolute atomic E-state index is 14.2. The molecule has 0 aromatic heterocycles. The zero-order valence-corrected chi connectivity index (χ0v) is 22.5. The summed E-state index contributed by atoms with van der Waals surface area (Å²) in [5, 5.41) is 9.51. The van der Waals surface area contributed by atoms with Crippen molar-refractivity contribution in [3.63, 3.8) is 0 Å². The molecular weight excluding hydrogens is 502 g/mol. The molecule has 1 aliphatic heterocycles. The van der Waals surface area contributed by atoms with Gasteiger partial charge in [-0.25, -0.2) is 9.80 Å². The minimum atomic E-state index is -0.226. The number of aliphatic imine (C=N–C) groups is 1. The van der Waals surface area contributed by atoms with Crippen LogP contribution in [0.3, 0.4) is 0 Å². The van der Waals surface area contributed by atoms with Crippen LogP contribution in [0.1, 0.15) is 49.7 Å². The molecule has 9 heteroatoms. The number of para-hydroxylation sites is 1. The number of guanidine groups is 1. The van der Waals surface area contributed by atoms with Gasteiger partial charge in [-0.1, -0.05) is 67.8 Å². The normalized spacial score (nSPS) is 15.6. The van der Waals surface area contributed by atoms with Gasteiger partial charge in [0.2, 0.25) is 5.91 Å². The van der Waals surface area contributed by atoms with E-state index >= 15 is 0 Å². The molecule has 1 heterocycles. The number of anilines is 3. The number of nitrogens with one attached hydrogen (secondary N) is 1. The molecule has 3 aromatic rings. The monoisotopic (exact) mass is 537 g/mol. The van der Waals surface area contributed by atoms with E-state index in [4.69, 9.17) is 16.6 Å². The van der Waals surface area contributed by atoms with Crippen LogP contribution in [0, 0.1) is 5.92 Å². The van der Waals surface area contributed by atoms with Crippen molar-refractivity contribution in [2.75, 3.05) is 16.8 Å². The minimum Gasteiger partial charge on any atom is -0.370 e. The number of carbonyl (C=O) groups is 2. The Balaban J connectivity index is 1.48. The zero-order chi connectivity index (χ0) is 27.9. The van der Waals surface area contributed by atoms with Crippen LogP contribution in [0.15, 0.2) is 89.0 Å². The molecular formula is C31H35N7O2. The van der Waals surface area contributed by atoms with Gasteiger partial charge < -0.3 is 16.8 Å². The fourth-order valence-corrected chi connectivity index (χ4v) is 5.32. The SMILES string of the molecule is NC(N)=NCCC(=O)Nc1ccc(N2C(=O)N(Cc3ccccc3)N=C(C3CCCCC3)c3ccccc32)cc1. The van der Waals surface area contributed by atoms with Gasteiger partial charge >= 0.3 is 6.03 Å². The number of rotatable bonds is 8. The number of urea groups is 1. The number of benzene rings is 3. The molecule has 0 saturated heterocycles. The quantitative estimate of drug-likeness (QED) is 0.264. The van der Waals surface area contributed by atoms with Crippen LogP contribution < -0.4 is 21.7 Å². The first-order valence-electron chi connectivity index (χ1n) is 13.8. The maximum Gasteiger partial charge on any atom is 0.349 e. The predicted octanol–water partition coefficient (Wildman–Crippen LogP) is 5.35. The summed E-state index contributed by atoms with van der Waals surface area (Å²) in [6, 6.07) is 25.0. The molecule has 0 radical (unpaired) electrons. The van der Waals surface area contributed by atoms with Gasteiger partial charge in [0.05, 0.1) is 30.2 Å². The number of hydrazone groups is 1. The van der Waals surface area contributed by atoms with Gasteiger partial charge in [-0.2, -0.15) is 5.10 Å². The molecule has 0 atom stereocenters. The Bertz CT molecular complexity index is 1390. The Hall–Kier alpha value is -4.66. The van der Waals surface area contributed by atoms with Gasteiger partial charge in [0, 0.05) is 23.6 Å². The molecule has 40 heavy (non-hydrogen) atoms. The largest absolute Gasteiger partial charge is 0.370 e. The number of nitrogens with two attached hydrogens (primary N) is 2. The Labute approximate surface area is 234 Å². The second kappa shape index (κ2) is 12.5. The highest BCUT2D eigenvalue weighted by atomic mass is 16.2. The van der Waals surface area contributed by atoms with Crippen LogP contribution in [-0.4, -0.2) is 35.2 Å². The van der Waals surface area contributed by atoms with Crippen molar-refractivity contribution in [3.05, 3.63) is 90.0 Å². The molecule has 3 amide bonds. The summed E-state index contributed by atoms with van der Waals surface area (Å²) < 4.78 is 0. The van der Waals surface area contributed by atoms with Crippen LogP contribution in [-0.2, 0) is 11.3 Å². The fourth-order valence-electron chi connectivity index (χ4n) is 5.32. The first-order chi connectivity index (χ1) is 19.5. The Kier molecular flexibility index (Phi) is 8.39. The van der Waals surface area contributed by atoms with Crippen molar-refractivity contribution in [1.82, 2.24) is 5.01 Å². The highest BCUT2D eigenvalue weighted by Crippen LogP contribution is 2.38. The van der Waals surface area contributed by atoms with E-state index in [0.717, 1.165) is 35.4 Å². The molecule has 3 aromatic carbocycles. The number of nitrogens with zero attached hydrogens (tertiary/aromatic N) is 4. The third kappa shape index (κ3) is 6.31. The zero-order valence-electron chi connectivity index (χ0n) is 22.5. The van der Waals surface area contributed by atoms with E-state index in [-0.39, 0.29) is 30.9 Å². The lowest BCUT2D eigenvalue weighted by atomic mass is 9.83. The topological polar surface area (TPSA) is 129 Å². The van der Waals surface area contributed by atoms with Crippen molar-refractivity contribution in [3.8, 4) is 0 Å². The van der Waals surface area contributed by atoms with E-state index in [1.165, 1.54) is 19.3 Å². The molecule has 1 fully saturated rings. The summed E-state index contributed by atoms with van der Waals surface area (Å²) in [5.41, 5.74) is 15.7. The van der Waals surface area contributed by atoms with E-state index < -0.39 is 0 Å². The summed E-state index contributed by atoms with van der Waals surface area (Å²) in [6.45, 7) is 0.580. The van der Waals surface area contributed by atoms with Gasteiger partial charge in [-0.05, 0) is 48.7 Å². The second-order valence-corrected chi connectivity index (χ2v) is 10.2. The lowest BCUT2D eigenvalue weighted by molar-refractivity contribution is -0.116. The Morgan fingerprint density at radius 1 is 0.925 bits per heavy atom. The third-order valence-electron chi connectivity index (χ3n) is 7.27. The Morgan fingerprint density at radius 2 is 1.62 bits per heavy atom. The molecule has 9 nitrogen and oxygen atoms in total. The first-order valence-corrected chi connectivity index (χ1v) is 13.8. The van der Waals surface area contributed by atoms with Crippen molar-refractivity contribution in [2.45, 2.75) is 45.1 Å². The predicted molar refractivity (Wildman–Crippen MR) is 159 cm³/mol. The number of fused-ring (bicyclic) bond motifs is 1. The van der Waals surface area contributed by atoms with Crippen LogP contribution >= 0.6 is 0 Å². The number of hydrogen-bond donors (Lipinski definition) is 3. The van der Waals surface area contributed by atoms with Gasteiger partial charge in [0.25, 0.3) is 0 Å². The average Bonchev–Trinajstić information content (AvgIpc) is 3.09. The van der Waals surface area contributed by atoms with Gasteiger partial charge in [-0.3, -0.25) is 14.7 Å². The van der Waals surface area contributed by atoms with E-state index in [1.807, 2.05) is 60.7 Å². The molecule has 0 spiro atoms. The third-order valence-corrected chi connectivity index (χ3v) is 7.27. The average molecular weight is 538 g/mol. The van der Waals surface area contributed by atoms with Crippen molar-refractivity contribution < 1.29 is 9.59 Å². The molecule has 5 N–H and O–H groups in total. The maximum atomic E-state index is 14.2. The van der Waals surface area contributed by atoms with Crippen LogP contribution in [0.4, 0.5) is 21.9 Å². The minimum absolute atomic E-state index is 0.0449. The highest BCUT2D eigenvalue weighted by Gasteiger charge is 2.34. The molecule has 2 aliphatic rings. The standard InChI is InChI=1S/C31H35N7O2/c32-30(33)34-20-19-28(39)35-24-15-17-25(18-16-24)38-27-14-8-7-13-26(27)29(23-11-5-2-6-12-23)36-37(31(38)40)21-22-9-3-1-4-10-22/h1,3-4,7-10,13-18,23H,2,5-6,11-12,19-21H2,(H,35,39)(H4,32,33,34). The summed E-state index contributed by atoms with van der Waals surface area (Å²) in [6.07, 6.45) is 5.87. The summed E-state index contributed by atoms with van der Waals surface area (Å²) in [4.78, 5) is 32.1. The summed E-state index contributed by atoms with van der Waals surface area (Å²) in [5.74, 6) is 0.0578. The van der Waals surface area contributed by atoms with E-state index in [2.05, 4.69) is 16.4 Å². The van der Waals surface area contributed by atoms with Crippen molar-refractivity contribution in [2.24, 2.45) is 27.5 Å². The first kappa shape index (κ1) is 26.9.